The Morgan fingerprint density at radius 1 is 1.25 bits per heavy atom. The lowest BCUT2D eigenvalue weighted by Gasteiger charge is -2.30. The summed E-state index contributed by atoms with van der Waals surface area (Å²) in [6.07, 6.45) is -0.180. The maximum Gasteiger partial charge on any atom is 0.306 e. The number of aliphatic hydroxyl groups excluding tert-OH is 2. The smallest absolute Gasteiger partial charge is 0.306 e. The summed E-state index contributed by atoms with van der Waals surface area (Å²) in [5.74, 6) is 0.599. The van der Waals surface area contributed by atoms with Gasteiger partial charge in [-0.3, -0.25) is 4.79 Å². The summed E-state index contributed by atoms with van der Waals surface area (Å²) in [6, 6.07) is 7.61. The zero-order chi connectivity index (χ0) is 16.7. The minimum atomic E-state index is -0.775. The van der Waals surface area contributed by atoms with Crippen LogP contribution < -0.4 is 4.74 Å². The Morgan fingerprint density at radius 2 is 2.08 bits per heavy atom. The third-order valence-electron chi connectivity index (χ3n) is 5.41. The van der Waals surface area contributed by atoms with Crippen LogP contribution in [0.4, 0.5) is 0 Å². The number of para-hydroxylation sites is 1. The van der Waals surface area contributed by atoms with E-state index < -0.39 is 18.5 Å². The maximum atomic E-state index is 11.4. The molecule has 24 heavy (non-hydrogen) atoms. The molecule has 0 radical (unpaired) electrons. The van der Waals surface area contributed by atoms with Crippen LogP contribution in [-0.2, 0) is 20.9 Å². The molecule has 1 aromatic carbocycles. The Hall–Kier alpha value is -1.63. The number of hydrogen-bond acceptors (Lipinski definition) is 6. The molecule has 1 aromatic rings. The summed E-state index contributed by atoms with van der Waals surface area (Å²) in [5.41, 5.74) is 0.969. The third-order valence-corrected chi connectivity index (χ3v) is 5.41. The molecular formula is C18H22O6. The highest BCUT2D eigenvalue weighted by Crippen LogP contribution is 2.43. The molecule has 6 heteroatoms. The van der Waals surface area contributed by atoms with Crippen molar-refractivity contribution in [3.05, 3.63) is 29.8 Å². The van der Waals surface area contributed by atoms with E-state index in [4.69, 9.17) is 14.2 Å². The number of ether oxygens (including phenoxy) is 3. The van der Waals surface area contributed by atoms with E-state index in [9.17, 15) is 15.0 Å². The Balaban J connectivity index is 1.34. The molecule has 2 N–H and O–H groups in total. The molecule has 1 saturated carbocycles. The fourth-order valence-electron chi connectivity index (χ4n) is 4.14. The zero-order valence-corrected chi connectivity index (χ0v) is 13.3. The van der Waals surface area contributed by atoms with Gasteiger partial charge in [0.2, 0.25) is 6.29 Å². The lowest BCUT2D eigenvalue weighted by molar-refractivity contribution is -0.168. The molecule has 2 fully saturated rings. The van der Waals surface area contributed by atoms with Gasteiger partial charge in [-0.25, -0.2) is 0 Å². The van der Waals surface area contributed by atoms with Gasteiger partial charge >= 0.3 is 5.97 Å². The van der Waals surface area contributed by atoms with Crippen LogP contribution in [0.5, 0.6) is 5.75 Å². The fraction of sp³-hybridized carbons (Fsp3) is 0.611. The molecule has 0 bridgehead atoms. The normalized spacial score (nSPS) is 35.8. The number of carbonyl (C=O) groups is 1. The van der Waals surface area contributed by atoms with Gasteiger partial charge in [0.1, 0.15) is 18.0 Å². The van der Waals surface area contributed by atoms with Crippen LogP contribution in [0, 0.1) is 11.8 Å². The van der Waals surface area contributed by atoms with E-state index in [1.807, 2.05) is 24.3 Å². The summed E-state index contributed by atoms with van der Waals surface area (Å²) in [5, 5.41) is 20.6. The third kappa shape index (κ3) is 2.90. The monoisotopic (exact) mass is 334 g/mol. The first-order valence-corrected chi connectivity index (χ1v) is 8.53. The van der Waals surface area contributed by atoms with Gasteiger partial charge in [0.05, 0.1) is 19.1 Å². The Labute approximate surface area is 140 Å². The van der Waals surface area contributed by atoms with E-state index in [0.717, 1.165) is 11.3 Å². The topological polar surface area (TPSA) is 85.2 Å². The largest absolute Gasteiger partial charge is 0.462 e. The van der Waals surface area contributed by atoms with E-state index in [1.54, 1.807) is 0 Å². The Bertz CT molecular complexity index is 617. The van der Waals surface area contributed by atoms with Crippen LogP contribution in [0.3, 0.4) is 0 Å². The Morgan fingerprint density at radius 3 is 2.96 bits per heavy atom. The predicted molar refractivity (Wildman–Crippen MR) is 83.0 cm³/mol. The number of aliphatic hydroxyl groups is 2. The lowest BCUT2D eigenvalue weighted by Crippen LogP contribution is -2.37. The van der Waals surface area contributed by atoms with Crippen LogP contribution in [-0.4, -0.2) is 40.8 Å². The van der Waals surface area contributed by atoms with E-state index in [-0.39, 0.29) is 23.9 Å². The first-order chi connectivity index (χ1) is 11.6. The number of hydrogen-bond donors (Lipinski definition) is 2. The molecular weight excluding hydrogens is 312 g/mol. The predicted octanol–water partition coefficient (Wildman–Crippen LogP) is 1.38. The summed E-state index contributed by atoms with van der Waals surface area (Å²) in [4.78, 5) is 11.4. The minimum absolute atomic E-state index is 0.0213. The summed E-state index contributed by atoms with van der Waals surface area (Å²) in [6.45, 7) is 0.414. The van der Waals surface area contributed by atoms with Crippen LogP contribution in [0.25, 0.3) is 0 Å². The molecule has 2 heterocycles. The average molecular weight is 334 g/mol. The number of benzene rings is 1. The van der Waals surface area contributed by atoms with E-state index in [1.165, 1.54) is 0 Å². The summed E-state index contributed by atoms with van der Waals surface area (Å²) < 4.78 is 16.6. The molecule has 4 rings (SSSR count). The van der Waals surface area contributed by atoms with Crippen molar-refractivity contribution in [1.82, 2.24) is 0 Å². The molecule has 3 aliphatic rings. The molecule has 1 unspecified atom stereocenters. The molecule has 0 spiro atoms. The summed E-state index contributed by atoms with van der Waals surface area (Å²) in [7, 11) is 0. The molecule has 1 aliphatic carbocycles. The molecule has 6 nitrogen and oxygen atoms in total. The number of carbonyl (C=O) groups excluding carboxylic acids is 1. The minimum Gasteiger partial charge on any atom is -0.462 e. The highest BCUT2D eigenvalue weighted by atomic mass is 16.7. The van der Waals surface area contributed by atoms with Crippen molar-refractivity contribution >= 4 is 5.97 Å². The van der Waals surface area contributed by atoms with Crippen molar-refractivity contribution < 1.29 is 29.2 Å². The quantitative estimate of drug-likeness (QED) is 0.809. The SMILES string of the molecule is O=C1C[C@@H]2[C@@H](CC[C@@H](O)C3OCc4ccccc4O3)[C@H](O)C[C@@H]2O1. The summed E-state index contributed by atoms with van der Waals surface area (Å²) >= 11 is 0. The highest BCUT2D eigenvalue weighted by molar-refractivity contribution is 5.72. The van der Waals surface area contributed by atoms with Gasteiger partial charge in [-0.05, 0) is 24.8 Å². The highest BCUT2D eigenvalue weighted by Gasteiger charge is 2.49. The van der Waals surface area contributed by atoms with Crippen molar-refractivity contribution in [2.24, 2.45) is 11.8 Å². The van der Waals surface area contributed by atoms with Gasteiger partial charge in [-0.2, -0.15) is 0 Å². The van der Waals surface area contributed by atoms with E-state index >= 15 is 0 Å². The second-order valence-corrected chi connectivity index (χ2v) is 6.91. The zero-order valence-electron chi connectivity index (χ0n) is 13.3. The number of fused-ring (bicyclic) bond motifs is 2. The van der Waals surface area contributed by atoms with Crippen LogP contribution in [0.1, 0.15) is 31.2 Å². The molecule has 6 atom stereocenters. The number of rotatable bonds is 4. The van der Waals surface area contributed by atoms with Gasteiger partial charge in [-0.15, -0.1) is 0 Å². The molecule has 130 valence electrons. The second-order valence-electron chi connectivity index (χ2n) is 6.91. The second kappa shape index (κ2) is 6.35. The van der Waals surface area contributed by atoms with Crippen molar-refractivity contribution in [1.29, 1.82) is 0 Å². The number of esters is 1. The van der Waals surface area contributed by atoms with Crippen LogP contribution >= 0.6 is 0 Å². The van der Waals surface area contributed by atoms with Crippen molar-refractivity contribution in [2.75, 3.05) is 0 Å². The van der Waals surface area contributed by atoms with E-state index in [2.05, 4.69) is 0 Å². The van der Waals surface area contributed by atoms with Crippen molar-refractivity contribution in [3.63, 3.8) is 0 Å². The Kier molecular flexibility index (Phi) is 4.20. The molecule has 0 amide bonds. The van der Waals surface area contributed by atoms with Crippen LogP contribution in [0.15, 0.2) is 24.3 Å². The molecule has 0 aromatic heterocycles. The van der Waals surface area contributed by atoms with Crippen molar-refractivity contribution in [3.8, 4) is 5.75 Å². The van der Waals surface area contributed by atoms with Gasteiger partial charge in [0, 0.05) is 17.9 Å². The van der Waals surface area contributed by atoms with Gasteiger partial charge in [0.15, 0.2) is 0 Å². The molecule has 1 saturated heterocycles. The standard InChI is InChI=1S/C18H22O6/c19-13(18-22-9-10-3-1-2-4-15(10)24-18)6-5-11-12-7-17(21)23-16(12)8-14(11)20/h1-4,11-14,16,18-20H,5-9H2/t11-,12-,13-,14-,16+,18?/m1/s1. The first kappa shape index (κ1) is 15.9. The fourth-order valence-corrected chi connectivity index (χ4v) is 4.14. The van der Waals surface area contributed by atoms with E-state index in [0.29, 0.717) is 32.3 Å². The van der Waals surface area contributed by atoms with Gasteiger partial charge in [-0.1, -0.05) is 18.2 Å². The average Bonchev–Trinajstić information content (AvgIpc) is 3.07. The maximum absolute atomic E-state index is 11.4. The lowest BCUT2D eigenvalue weighted by atomic mass is 9.87. The van der Waals surface area contributed by atoms with Gasteiger partial charge < -0.3 is 24.4 Å². The van der Waals surface area contributed by atoms with Crippen LogP contribution in [0.2, 0.25) is 0 Å². The van der Waals surface area contributed by atoms with Crippen molar-refractivity contribution in [2.45, 2.75) is 56.9 Å². The van der Waals surface area contributed by atoms with Gasteiger partial charge in [0.25, 0.3) is 0 Å². The molecule has 2 aliphatic heterocycles. The first-order valence-electron chi connectivity index (χ1n) is 8.53.